The summed E-state index contributed by atoms with van der Waals surface area (Å²) >= 11 is 0. The topological polar surface area (TPSA) is 65.4 Å². The number of rotatable bonds is 3. The highest BCUT2D eigenvalue weighted by molar-refractivity contribution is 5.14. The fourth-order valence-corrected chi connectivity index (χ4v) is 3.03. The van der Waals surface area contributed by atoms with Gasteiger partial charge in [0.2, 0.25) is 5.82 Å². The summed E-state index contributed by atoms with van der Waals surface area (Å²) in [7, 11) is 0. The van der Waals surface area contributed by atoms with Crippen LogP contribution in [0.15, 0.2) is 12.4 Å². The van der Waals surface area contributed by atoms with E-state index in [-0.39, 0.29) is 12.0 Å². The van der Waals surface area contributed by atoms with E-state index >= 15 is 0 Å². The smallest absolute Gasteiger partial charge is 0.213 e. The first kappa shape index (κ1) is 12.6. The maximum Gasteiger partial charge on any atom is 0.213 e. The Balaban J connectivity index is 2.22. The Morgan fingerprint density at radius 3 is 2.94 bits per heavy atom. The van der Waals surface area contributed by atoms with E-state index in [1.165, 1.54) is 12.8 Å². The Kier molecular flexibility index (Phi) is 3.99. The van der Waals surface area contributed by atoms with Crippen molar-refractivity contribution in [3.63, 3.8) is 0 Å². The number of imidazole rings is 1. The lowest BCUT2D eigenvalue weighted by Gasteiger charge is -2.33. The summed E-state index contributed by atoms with van der Waals surface area (Å²) < 4.78 is 1.90. The lowest BCUT2D eigenvalue weighted by Crippen LogP contribution is -2.27. The second kappa shape index (κ2) is 5.69. The molecule has 1 fully saturated rings. The molecule has 1 aromatic heterocycles. The van der Waals surface area contributed by atoms with Gasteiger partial charge in [-0.15, -0.1) is 0 Å². The first-order valence-corrected chi connectivity index (χ1v) is 6.62. The Hall–Kier alpha value is -1.81. The molecule has 1 heterocycles. The van der Waals surface area contributed by atoms with Gasteiger partial charge in [0.25, 0.3) is 0 Å². The fourth-order valence-electron chi connectivity index (χ4n) is 3.03. The molecule has 2 rings (SSSR count). The largest absolute Gasteiger partial charge is 0.318 e. The molecule has 18 heavy (non-hydrogen) atoms. The van der Waals surface area contributed by atoms with Crippen LogP contribution in [0.2, 0.25) is 0 Å². The maximum absolute atomic E-state index is 9.27. The highest BCUT2D eigenvalue weighted by Gasteiger charge is 2.32. The minimum atomic E-state index is 0.0133. The summed E-state index contributed by atoms with van der Waals surface area (Å²) in [4.78, 5) is 4.04. The third-order valence-corrected chi connectivity index (χ3v) is 3.91. The van der Waals surface area contributed by atoms with Gasteiger partial charge in [0.1, 0.15) is 6.07 Å². The van der Waals surface area contributed by atoms with E-state index in [9.17, 15) is 5.26 Å². The number of hydrogen-bond donors (Lipinski definition) is 0. The zero-order valence-electron chi connectivity index (χ0n) is 10.7. The predicted octanol–water partition coefficient (Wildman–Crippen LogP) is 3.04. The van der Waals surface area contributed by atoms with E-state index in [4.69, 9.17) is 5.26 Å². The number of nitrogens with zero attached hydrogens (tertiary/aromatic N) is 4. The van der Waals surface area contributed by atoms with Crippen molar-refractivity contribution in [2.75, 3.05) is 0 Å². The van der Waals surface area contributed by atoms with Gasteiger partial charge in [-0.2, -0.15) is 10.5 Å². The SMILES string of the molecule is CCCC1CCC(C#N)C(n2ccnc2C#N)C1. The van der Waals surface area contributed by atoms with Gasteiger partial charge < -0.3 is 4.57 Å². The molecule has 3 atom stereocenters. The maximum atomic E-state index is 9.27. The molecular formula is C14H18N4. The molecule has 0 aromatic carbocycles. The monoisotopic (exact) mass is 242 g/mol. The molecule has 0 aliphatic heterocycles. The van der Waals surface area contributed by atoms with E-state index in [1.54, 1.807) is 6.20 Å². The summed E-state index contributed by atoms with van der Waals surface area (Å²) in [5, 5.41) is 18.3. The van der Waals surface area contributed by atoms with Crippen molar-refractivity contribution in [3.05, 3.63) is 18.2 Å². The van der Waals surface area contributed by atoms with Crippen LogP contribution in [0.4, 0.5) is 0 Å². The third-order valence-electron chi connectivity index (χ3n) is 3.91. The summed E-state index contributed by atoms with van der Waals surface area (Å²) in [5.74, 6) is 1.12. The lowest BCUT2D eigenvalue weighted by molar-refractivity contribution is 0.210. The molecule has 0 radical (unpaired) electrons. The summed E-state index contributed by atoms with van der Waals surface area (Å²) in [5.41, 5.74) is 0. The third kappa shape index (κ3) is 2.38. The summed E-state index contributed by atoms with van der Waals surface area (Å²) in [6, 6.07) is 4.63. The minimum Gasteiger partial charge on any atom is -0.318 e. The Morgan fingerprint density at radius 1 is 1.44 bits per heavy atom. The molecule has 1 aliphatic carbocycles. The van der Waals surface area contributed by atoms with Crippen LogP contribution < -0.4 is 0 Å². The Morgan fingerprint density at radius 2 is 2.28 bits per heavy atom. The van der Waals surface area contributed by atoms with Crippen LogP contribution in [-0.4, -0.2) is 9.55 Å². The van der Waals surface area contributed by atoms with Crippen LogP contribution in [0, 0.1) is 34.5 Å². The van der Waals surface area contributed by atoms with Crippen molar-refractivity contribution in [1.82, 2.24) is 9.55 Å². The van der Waals surface area contributed by atoms with Crippen LogP contribution >= 0.6 is 0 Å². The average molecular weight is 242 g/mol. The van der Waals surface area contributed by atoms with Crippen molar-refractivity contribution in [1.29, 1.82) is 10.5 Å². The van der Waals surface area contributed by atoms with E-state index < -0.39 is 0 Å². The molecule has 3 unspecified atom stereocenters. The van der Waals surface area contributed by atoms with Crippen LogP contribution in [0.3, 0.4) is 0 Å². The quantitative estimate of drug-likeness (QED) is 0.818. The molecule has 1 aromatic rings. The van der Waals surface area contributed by atoms with Crippen molar-refractivity contribution < 1.29 is 0 Å². The average Bonchev–Trinajstić information content (AvgIpc) is 2.87. The van der Waals surface area contributed by atoms with Crippen molar-refractivity contribution in [2.45, 2.75) is 45.1 Å². The van der Waals surface area contributed by atoms with Crippen LogP contribution in [0.1, 0.15) is 50.9 Å². The van der Waals surface area contributed by atoms with E-state index in [0.29, 0.717) is 11.7 Å². The highest BCUT2D eigenvalue weighted by Crippen LogP contribution is 2.39. The van der Waals surface area contributed by atoms with E-state index in [0.717, 1.165) is 19.3 Å². The minimum absolute atomic E-state index is 0.0133. The van der Waals surface area contributed by atoms with Gasteiger partial charge >= 0.3 is 0 Å². The molecule has 1 aliphatic rings. The van der Waals surface area contributed by atoms with Crippen LogP contribution in [0.5, 0.6) is 0 Å². The fraction of sp³-hybridized carbons (Fsp3) is 0.643. The highest BCUT2D eigenvalue weighted by atomic mass is 15.1. The van der Waals surface area contributed by atoms with E-state index in [1.807, 2.05) is 10.8 Å². The van der Waals surface area contributed by atoms with Crippen LogP contribution in [-0.2, 0) is 0 Å². The molecule has 1 saturated carbocycles. The molecule has 0 saturated heterocycles. The molecule has 0 N–H and O–H groups in total. The zero-order valence-corrected chi connectivity index (χ0v) is 10.7. The molecule has 0 spiro atoms. The van der Waals surface area contributed by atoms with E-state index in [2.05, 4.69) is 24.0 Å². The molecule has 0 amide bonds. The van der Waals surface area contributed by atoms with Crippen molar-refractivity contribution in [2.24, 2.45) is 11.8 Å². The molecule has 0 bridgehead atoms. The summed E-state index contributed by atoms with van der Waals surface area (Å²) in [6.45, 7) is 2.20. The van der Waals surface area contributed by atoms with Gasteiger partial charge in [-0.05, 0) is 25.2 Å². The standard InChI is InChI=1S/C14H18N4/c1-2-3-11-4-5-12(9-15)13(8-11)18-7-6-17-14(18)10-16/h6-7,11-13H,2-5,8H2,1H3. The first-order chi connectivity index (χ1) is 8.80. The normalized spacial score (nSPS) is 27.4. The Labute approximate surface area is 108 Å². The van der Waals surface area contributed by atoms with Gasteiger partial charge in [0, 0.05) is 12.4 Å². The van der Waals surface area contributed by atoms with Gasteiger partial charge in [-0.1, -0.05) is 19.8 Å². The van der Waals surface area contributed by atoms with Crippen LogP contribution in [0.25, 0.3) is 0 Å². The first-order valence-electron chi connectivity index (χ1n) is 6.62. The van der Waals surface area contributed by atoms with Crippen molar-refractivity contribution in [3.8, 4) is 12.1 Å². The molecule has 94 valence electrons. The second-order valence-electron chi connectivity index (χ2n) is 5.04. The van der Waals surface area contributed by atoms with Gasteiger partial charge in [-0.3, -0.25) is 0 Å². The Bertz CT molecular complexity index is 477. The zero-order chi connectivity index (χ0) is 13.0. The molecular weight excluding hydrogens is 224 g/mol. The predicted molar refractivity (Wildman–Crippen MR) is 67.3 cm³/mol. The van der Waals surface area contributed by atoms with Gasteiger partial charge in [0.15, 0.2) is 0 Å². The second-order valence-corrected chi connectivity index (χ2v) is 5.04. The molecule has 4 nitrogen and oxygen atoms in total. The molecule has 4 heteroatoms. The number of aromatic nitrogens is 2. The van der Waals surface area contributed by atoms with Gasteiger partial charge in [0.05, 0.1) is 18.0 Å². The van der Waals surface area contributed by atoms with Crippen molar-refractivity contribution >= 4 is 0 Å². The number of nitriles is 2. The van der Waals surface area contributed by atoms with Gasteiger partial charge in [-0.25, -0.2) is 4.98 Å². The number of hydrogen-bond acceptors (Lipinski definition) is 3. The summed E-state index contributed by atoms with van der Waals surface area (Å²) in [6.07, 6.45) is 8.96. The lowest BCUT2D eigenvalue weighted by atomic mass is 9.77.